The highest BCUT2D eigenvalue weighted by Crippen LogP contribution is 2.72. The van der Waals surface area contributed by atoms with Crippen molar-refractivity contribution in [3.8, 4) is 6.07 Å². The molecule has 6 heteroatoms. The van der Waals surface area contributed by atoms with Crippen LogP contribution in [0.5, 0.6) is 0 Å². The van der Waals surface area contributed by atoms with Gasteiger partial charge in [-0.3, -0.25) is 4.98 Å². The number of hydrogen-bond donors (Lipinski definition) is 2. The number of aromatic nitrogens is 1. The molecule has 5 aliphatic rings. The molecular weight excluding hydrogens is 414 g/mol. The number of aliphatic hydroxyl groups excluding tert-OH is 2. The molecule has 2 saturated carbocycles. The van der Waals surface area contributed by atoms with Gasteiger partial charge in [0.25, 0.3) is 0 Å². The molecule has 174 valence electrons. The van der Waals surface area contributed by atoms with Gasteiger partial charge in [0.1, 0.15) is 11.5 Å². The van der Waals surface area contributed by atoms with Crippen LogP contribution in [0.1, 0.15) is 51.0 Å². The Labute approximate surface area is 195 Å². The van der Waals surface area contributed by atoms with Gasteiger partial charge in [-0.2, -0.15) is 5.26 Å². The first-order valence-corrected chi connectivity index (χ1v) is 12.2. The molecule has 3 fully saturated rings. The van der Waals surface area contributed by atoms with Crippen LogP contribution >= 0.6 is 0 Å². The molecule has 1 aromatic rings. The Kier molecular flexibility index (Phi) is 4.40. The fraction of sp³-hybridized carbons (Fsp3) is 0.630. The second-order valence-corrected chi connectivity index (χ2v) is 11.4. The fourth-order valence-electron chi connectivity index (χ4n) is 8.21. The zero-order valence-corrected chi connectivity index (χ0v) is 19.7. The molecule has 33 heavy (non-hydrogen) atoms. The van der Waals surface area contributed by atoms with Crippen LogP contribution in [-0.4, -0.2) is 63.6 Å². The van der Waals surface area contributed by atoms with Gasteiger partial charge < -0.3 is 19.8 Å². The molecule has 0 radical (unpaired) electrons. The lowest BCUT2D eigenvalue weighted by atomic mass is 9.49. The van der Waals surface area contributed by atoms with Gasteiger partial charge in [-0.1, -0.05) is 25.1 Å². The van der Waals surface area contributed by atoms with Crippen LogP contribution in [0.25, 0.3) is 5.57 Å². The number of aliphatic hydroxyl groups is 2. The molecule has 0 amide bonds. The maximum absolute atomic E-state index is 11.2. The van der Waals surface area contributed by atoms with Crippen LogP contribution in [0, 0.1) is 28.1 Å². The minimum absolute atomic E-state index is 0.0893. The molecule has 8 atom stereocenters. The van der Waals surface area contributed by atoms with Gasteiger partial charge in [0, 0.05) is 24.4 Å². The van der Waals surface area contributed by atoms with E-state index < -0.39 is 28.8 Å². The van der Waals surface area contributed by atoms with Gasteiger partial charge in [0.2, 0.25) is 0 Å². The number of hydrogen-bond acceptors (Lipinski definition) is 6. The highest BCUT2D eigenvalue weighted by molar-refractivity contribution is 5.73. The number of nitrogens with zero attached hydrogens (tertiary/aromatic N) is 3. The third-order valence-electron chi connectivity index (χ3n) is 9.92. The lowest BCUT2D eigenvalue weighted by molar-refractivity contribution is -0.223. The maximum atomic E-state index is 11.2. The number of ether oxygens (including phenoxy) is 1. The van der Waals surface area contributed by atoms with E-state index in [4.69, 9.17) is 4.74 Å². The molecule has 2 N–H and O–H groups in total. The van der Waals surface area contributed by atoms with Crippen molar-refractivity contribution in [3.05, 3.63) is 47.8 Å². The molecule has 2 bridgehead atoms. The van der Waals surface area contributed by atoms with Gasteiger partial charge in [-0.05, 0) is 80.8 Å². The average Bonchev–Trinajstić information content (AvgIpc) is 3.34. The largest absolute Gasteiger partial charge is 0.388 e. The topological polar surface area (TPSA) is 89.6 Å². The Bertz CT molecular complexity index is 1090. The van der Waals surface area contributed by atoms with E-state index in [9.17, 15) is 15.5 Å². The molecule has 1 saturated heterocycles. The smallest absolute Gasteiger partial charge is 0.105 e. The predicted molar refractivity (Wildman–Crippen MR) is 124 cm³/mol. The molecule has 6 rings (SSSR count). The van der Waals surface area contributed by atoms with E-state index in [1.807, 2.05) is 37.3 Å². The highest BCUT2D eigenvalue weighted by Gasteiger charge is 2.74. The van der Waals surface area contributed by atoms with E-state index >= 15 is 0 Å². The molecular formula is C27H33N3O3. The Morgan fingerprint density at radius 2 is 2.03 bits per heavy atom. The second kappa shape index (κ2) is 6.76. The summed E-state index contributed by atoms with van der Waals surface area (Å²) in [5.41, 5.74) is 1.16. The third-order valence-corrected chi connectivity index (χ3v) is 9.92. The zero-order chi connectivity index (χ0) is 23.2. The average molecular weight is 448 g/mol. The van der Waals surface area contributed by atoms with E-state index in [0.717, 1.165) is 36.8 Å². The summed E-state index contributed by atoms with van der Waals surface area (Å²) in [7, 11) is 3.88. The van der Waals surface area contributed by atoms with E-state index in [1.54, 1.807) is 6.20 Å². The zero-order valence-electron chi connectivity index (χ0n) is 19.7. The third kappa shape index (κ3) is 2.49. The lowest BCUT2D eigenvalue weighted by Gasteiger charge is -2.61. The fourth-order valence-corrected chi connectivity index (χ4v) is 8.21. The van der Waals surface area contributed by atoms with Crippen molar-refractivity contribution in [2.45, 2.75) is 74.9 Å². The van der Waals surface area contributed by atoms with Crippen molar-refractivity contribution >= 4 is 5.57 Å². The lowest BCUT2D eigenvalue weighted by Crippen LogP contribution is -2.66. The van der Waals surface area contributed by atoms with Gasteiger partial charge in [-0.15, -0.1) is 0 Å². The first-order valence-electron chi connectivity index (χ1n) is 12.2. The minimum Gasteiger partial charge on any atom is -0.388 e. The summed E-state index contributed by atoms with van der Waals surface area (Å²) in [4.78, 5) is 6.35. The molecule has 3 heterocycles. The van der Waals surface area contributed by atoms with E-state index in [0.29, 0.717) is 12.8 Å². The molecule has 8 unspecified atom stereocenters. The number of rotatable bonds is 2. The molecule has 3 aliphatic carbocycles. The number of nitriles is 1. The van der Waals surface area contributed by atoms with E-state index in [2.05, 4.69) is 30.1 Å². The Hall–Kier alpha value is -2.04. The number of fused-ring (bicyclic) bond motifs is 1. The van der Waals surface area contributed by atoms with Gasteiger partial charge in [0.15, 0.2) is 0 Å². The first-order chi connectivity index (χ1) is 15.7. The van der Waals surface area contributed by atoms with Gasteiger partial charge >= 0.3 is 0 Å². The quantitative estimate of drug-likeness (QED) is 0.678. The SMILES string of the molecule is CN(C)C1CC23CCC4(O2)C2CC=C(c5cccnc5)C2(C)CCC4(C#N)C=C3C(O)C1O. The predicted octanol–water partition coefficient (Wildman–Crippen LogP) is 3.08. The van der Waals surface area contributed by atoms with Crippen LogP contribution in [0.3, 0.4) is 0 Å². The molecule has 1 aromatic heterocycles. The molecule has 2 aliphatic heterocycles. The Morgan fingerprint density at radius 3 is 2.73 bits per heavy atom. The van der Waals surface area contributed by atoms with Crippen molar-refractivity contribution in [2.75, 3.05) is 14.1 Å². The van der Waals surface area contributed by atoms with Crippen LogP contribution in [0.15, 0.2) is 42.3 Å². The number of likely N-dealkylation sites (N-methyl/N-ethyl adjacent to an activating group) is 1. The molecule has 6 nitrogen and oxygen atoms in total. The van der Waals surface area contributed by atoms with Gasteiger partial charge in [-0.25, -0.2) is 0 Å². The standard InChI is InChI=1S/C27H33N3O3/c1-24-8-9-25(16-28)13-19-22(31)23(32)20(30(2)3)14-26(19)10-11-27(25,33-26)21(24)7-6-18(24)17-5-4-12-29-15-17/h4-6,12-13,15,20-23,31-32H,7-11,14H2,1-3H3. The van der Waals surface area contributed by atoms with Crippen molar-refractivity contribution < 1.29 is 14.9 Å². The number of pyridine rings is 1. The summed E-state index contributed by atoms with van der Waals surface area (Å²) in [6.45, 7) is 2.34. The van der Waals surface area contributed by atoms with Crippen LogP contribution in [0.2, 0.25) is 0 Å². The van der Waals surface area contributed by atoms with Gasteiger partial charge in [0.05, 0.1) is 23.4 Å². The molecule has 2 spiro atoms. The van der Waals surface area contributed by atoms with Crippen LogP contribution in [0.4, 0.5) is 0 Å². The summed E-state index contributed by atoms with van der Waals surface area (Å²) < 4.78 is 7.20. The van der Waals surface area contributed by atoms with Crippen molar-refractivity contribution in [3.63, 3.8) is 0 Å². The van der Waals surface area contributed by atoms with E-state index in [-0.39, 0.29) is 17.4 Å². The van der Waals surface area contributed by atoms with Crippen molar-refractivity contribution in [1.82, 2.24) is 9.88 Å². The summed E-state index contributed by atoms with van der Waals surface area (Å²) in [5, 5.41) is 32.7. The summed E-state index contributed by atoms with van der Waals surface area (Å²) in [6, 6.07) is 6.61. The summed E-state index contributed by atoms with van der Waals surface area (Å²) >= 11 is 0. The highest BCUT2D eigenvalue weighted by atomic mass is 16.5. The maximum Gasteiger partial charge on any atom is 0.105 e. The number of allylic oxidation sites excluding steroid dienone is 2. The molecule has 0 aromatic carbocycles. The first kappa shape index (κ1) is 21.5. The van der Waals surface area contributed by atoms with Crippen molar-refractivity contribution in [1.29, 1.82) is 5.26 Å². The Morgan fingerprint density at radius 1 is 1.21 bits per heavy atom. The minimum atomic E-state index is -1.01. The normalized spacial score (nSPS) is 47.8. The van der Waals surface area contributed by atoms with Crippen molar-refractivity contribution in [2.24, 2.45) is 16.7 Å². The van der Waals surface area contributed by atoms with Crippen LogP contribution in [-0.2, 0) is 4.74 Å². The van der Waals surface area contributed by atoms with Crippen LogP contribution < -0.4 is 0 Å². The monoisotopic (exact) mass is 447 g/mol. The summed E-state index contributed by atoms with van der Waals surface area (Å²) in [6.07, 6.45) is 10.9. The Balaban J connectivity index is 1.47. The second-order valence-electron chi connectivity index (χ2n) is 11.4. The van der Waals surface area contributed by atoms with E-state index in [1.165, 1.54) is 5.57 Å². The summed E-state index contributed by atoms with van der Waals surface area (Å²) in [5.74, 6) is 0.188.